The molecule has 1 saturated heterocycles. The molecular formula is C26H28Cl2N2. The van der Waals surface area contributed by atoms with Gasteiger partial charge in [-0.05, 0) is 67.5 Å². The van der Waals surface area contributed by atoms with Crippen molar-refractivity contribution in [2.24, 2.45) is 0 Å². The highest BCUT2D eigenvalue weighted by molar-refractivity contribution is 6.32. The fourth-order valence-electron chi connectivity index (χ4n) is 4.88. The number of aromatic nitrogens is 1. The Bertz CT molecular complexity index is 930. The number of halogens is 2. The van der Waals surface area contributed by atoms with E-state index >= 15 is 0 Å². The van der Waals surface area contributed by atoms with Gasteiger partial charge in [0.1, 0.15) is 0 Å². The Morgan fingerprint density at radius 3 is 2.07 bits per heavy atom. The number of hydrogen-bond donors (Lipinski definition) is 0. The lowest BCUT2D eigenvalue weighted by atomic mass is 9.92. The third-order valence-electron chi connectivity index (χ3n) is 6.36. The zero-order chi connectivity index (χ0) is 21.1. The van der Waals surface area contributed by atoms with Crippen molar-refractivity contribution in [1.29, 1.82) is 0 Å². The molecular weight excluding hydrogens is 411 g/mol. The molecule has 0 radical (unpaired) electrons. The van der Waals surface area contributed by atoms with E-state index in [4.69, 9.17) is 23.2 Å². The molecule has 0 aliphatic carbocycles. The highest BCUT2D eigenvalue weighted by Crippen LogP contribution is 2.44. The smallest absolute Gasteiger partial charge is 0.0635 e. The van der Waals surface area contributed by atoms with E-state index in [2.05, 4.69) is 60.1 Å². The van der Waals surface area contributed by atoms with E-state index in [0.29, 0.717) is 18.0 Å². The summed E-state index contributed by atoms with van der Waals surface area (Å²) in [4.78, 5) is 7.23. The molecule has 2 aromatic carbocycles. The molecule has 1 aliphatic rings. The van der Waals surface area contributed by atoms with Gasteiger partial charge in [-0.15, -0.1) is 0 Å². The number of likely N-dealkylation sites (tertiary alicyclic amines) is 1. The van der Waals surface area contributed by atoms with Crippen LogP contribution in [0.15, 0.2) is 72.9 Å². The van der Waals surface area contributed by atoms with Crippen LogP contribution in [0.2, 0.25) is 10.0 Å². The Morgan fingerprint density at radius 2 is 1.50 bits per heavy atom. The normalized spacial score (nSPS) is 20.6. The Morgan fingerprint density at radius 1 is 0.900 bits per heavy atom. The first kappa shape index (κ1) is 21.4. The number of rotatable bonds is 6. The first-order chi connectivity index (χ1) is 14.6. The van der Waals surface area contributed by atoms with Crippen LogP contribution >= 0.6 is 23.2 Å². The standard InChI is InChI=1S/C26H28Cl2N2/c1-18(25-13-7-8-16-29-25)17-20-15-14-19(2)30(20)26(21-9-3-5-11-23(21)27)22-10-4-6-12-24(22)28/h3-13,16,18-20,26H,14-15,17H2,1-2H3. The summed E-state index contributed by atoms with van der Waals surface area (Å²) in [7, 11) is 0. The molecule has 3 aromatic rings. The fraction of sp³-hybridized carbons (Fsp3) is 0.346. The minimum atomic E-state index is 0.0332. The molecule has 4 heteroatoms. The summed E-state index contributed by atoms with van der Waals surface area (Å²) in [5, 5.41) is 1.58. The van der Waals surface area contributed by atoms with Crippen LogP contribution in [-0.4, -0.2) is 22.0 Å². The predicted molar refractivity (Wildman–Crippen MR) is 126 cm³/mol. The monoisotopic (exact) mass is 438 g/mol. The van der Waals surface area contributed by atoms with Gasteiger partial charge in [0.25, 0.3) is 0 Å². The molecule has 4 rings (SSSR count). The minimum Gasteiger partial charge on any atom is -0.287 e. The van der Waals surface area contributed by atoms with Gasteiger partial charge in [0.05, 0.1) is 6.04 Å². The number of nitrogens with zero attached hydrogens (tertiary/aromatic N) is 2. The molecule has 1 aromatic heterocycles. The molecule has 0 saturated carbocycles. The average molecular weight is 439 g/mol. The van der Waals surface area contributed by atoms with Crippen molar-refractivity contribution in [1.82, 2.24) is 9.88 Å². The highest BCUT2D eigenvalue weighted by atomic mass is 35.5. The zero-order valence-electron chi connectivity index (χ0n) is 17.5. The van der Waals surface area contributed by atoms with Crippen LogP contribution in [0.25, 0.3) is 0 Å². The molecule has 2 nitrogen and oxygen atoms in total. The van der Waals surface area contributed by atoms with Crippen LogP contribution in [0.5, 0.6) is 0 Å². The lowest BCUT2D eigenvalue weighted by Crippen LogP contribution is -2.39. The maximum Gasteiger partial charge on any atom is 0.0635 e. The Labute approximate surface area is 189 Å². The molecule has 0 amide bonds. The van der Waals surface area contributed by atoms with E-state index in [-0.39, 0.29) is 6.04 Å². The fourth-order valence-corrected chi connectivity index (χ4v) is 5.35. The van der Waals surface area contributed by atoms with Gasteiger partial charge < -0.3 is 0 Å². The van der Waals surface area contributed by atoms with Gasteiger partial charge in [-0.25, -0.2) is 0 Å². The Kier molecular flexibility index (Phi) is 6.77. The maximum atomic E-state index is 6.72. The first-order valence-corrected chi connectivity index (χ1v) is 11.5. The van der Waals surface area contributed by atoms with Crippen molar-refractivity contribution >= 4 is 23.2 Å². The van der Waals surface area contributed by atoms with E-state index in [1.165, 1.54) is 12.8 Å². The predicted octanol–water partition coefficient (Wildman–Crippen LogP) is 7.52. The third-order valence-corrected chi connectivity index (χ3v) is 7.05. The summed E-state index contributed by atoms with van der Waals surface area (Å²) in [6.45, 7) is 4.61. The van der Waals surface area contributed by atoms with Crippen molar-refractivity contribution in [3.05, 3.63) is 99.8 Å². The molecule has 2 heterocycles. The quantitative estimate of drug-likeness (QED) is 0.395. The van der Waals surface area contributed by atoms with Crippen molar-refractivity contribution in [3.63, 3.8) is 0 Å². The molecule has 3 unspecified atom stereocenters. The molecule has 1 fully saturated rings. The third kappa shape index (κ3) is 4.42. The van der Waals surface area contributed by atoms with E-state index in [1.54, 1.807) is 0 Å². The molecule has 0 spiro atoms. The second kappa shape index (κ2) is 9.51. The molecule has 1 aliphatic heterocycles. The van der Waals surface area contributed by atoms with Crippen LogP contribution in [0.3, 0.4) is 0 Å². The number of pyridine rings is 1. The van der Waals surface area contributed by atoms with E-state index < -0.39 is 0 Å². The van der Waals surface area contributed by atoms with Crippen molar-refractivity contribution in [2.45, 2.75) is 57.2 Å². The molecule has 0 bridgehead atoms. The number of benzene rings is 2. The van der Waals surface area contributed by atoms with Gasteiger partial charge in [0.15, 0.2) is 0 Å². The Balaban J connectivity index is 1.73. The number of hydrogen-bond acceptors (Lipinski definition) is 2. The molecule has 156 valence electrons. The van der Waals surface area contributed by atoms with Gasteiger partial charge in [-0.2, -0.15) is 0 Å². The van der Waals surface area contributed by atoms with Crippen LogP contribution in [-0.2, 0) is 0 Å². The van der Waals surface area contributed by atoms with Crippen molar-refractivity contribution < 1.29 is 0 Å². The summed E-state index contributed by atoms with van der Waals surface area (Å²) >= 11 is 13.4. The second-order valence-corrected chi connectivity index (χ2v) is 9.18. The van der Waals surface area contributed by atoms with Crippen molar-refractivity contribution in [2.75, 3.05) is 0 Å². The zero-order valence-corrected chi connectivity index (χ0v) is 19.0. The van der Waals surface area contributed by atoms with Gasteiger partial charge in [0.2, 0.25) is 0 Å². The van der Waals surface area contributed by atoms with Crippen LogP contribution in [0.1, 0.15) is 61.9 Å². The van der Waals surface area contributed by atoms with Gasteiger partial charge in [-0.3, -0.25) is 9.88 Å². The molecule has 3 atom stereocenters. The van der Waals surface area contributed by atoms with E-state index in [1.807, 2.05) is 36.5 Å². The summed E-state index contributed by atoms with van der Waals surface area (Å²) in [6.07, 6.45) is 5.29. The maximum absolute atomic E-state index is 6.72. The first-order valence-electron chi connectivity index (χ1n) is 10.7. The van der Waals surface area contributed by atoms with E-state index in [9.17, 15) is 0 Å². The summed E-state index contributed by atoms with van der Waals surface area (Å²) in [6, 6.07) is 23.5. The highest BCUT2D eigenvalue weighted by Gasteiger charge is 2.39. The van der Waals surface area contributed by atoms with Crippen LogP contribution in [0, 0.1) is 0 Å². The van der Waals surface area contributed by atoms with Crippen LogP contribution < -0.4 is 0 Å². The molecule has 0 N–H and O–H groups in total. The Hall–Kier alpha value is -1.87. The largest absolute Gasteiger partial charge is 0.287 e. The average Bonchev–Trinajstić information content (AvgIpc) is 3.11. The van der Waals surface area contributed by atoms with Gasteiger partial charge >= 0.3 is 0 Å². The van der Waals surface area contributed by atoms with Gasteiger partial charge in [0, 0.05) is 34.0 Å². The topological polar surface area (TPSA) is 16.1 Å². The van der Waals surface area contributed by atoms with E-state index in [0.717, 1.165) is 33.3 Å². The lowest BCUT2D eigenvalue weighted by molar-refractivity contribution is 0.148. The summed E-state index contributed by atoms with van der Waals surface area (Å²) < 4.78 is 0. The lowest BCUT2D eigenvalue weighted by Gasteiger charge is -2.38. The van der Waals surface area contributed by atoms with Crippen molar-refractivity contribution in [3.8, 4) is 0 Å². The second-order valence-electron chi connectivity index (χ2n) is 8.36. The van der Waals surface area contributed by atoms with Crippen LogP contribution in [0.4, 0.5) is 0 Å². The summed E-state index contributed by atoms with van der Waals surface area (Å²) in [5.41, 5.74) is 3.40. The minimum absolute atomic E-state index is 0.0332. The molecule has 30 heavy (non-hydrogen) atoms. The SMILES string of the molecule is CC(CC1CCC(C)N1C(c1ccccc1Cl)c1ccccc1Cl)c1ccccn1. The summed E-state index contributed by atoms with van der Waals surface area (Å²) in [5.74, 6) is 0.391. The van der Waals surface area contributed by atoms with Gasteiger partial charge in [-0.1, -0.05) is 72.6 Å².